The predicted molar refractivity (Wildman–Crippen MR) is 65.9 cm³/mol. The van der Waals surface area contributed by atoms with Gasteiger partial charge < -0.3 is 10.2 Å². The van der Waals surface area contributed by atoms with Crippen LogP contribution >= 0.6 is 11.3 Å². The minimum absolute atomic E-state index is 0.0186. The average molecular weight is 242 g/mol. The van der Waals surface area contributed by atoms with Crippen LogP contribution in [0.3, 0.4) is 0 Å². The van der Waals surface area contributed by atoms with Gasteiger partial charge in [0.15, 0.2) is 0 Å². The van der Waals surface area contributed by atoms with Gasteiger partial charge in [-0.15, -0.1) is 10.2 Å². The molecule has 1 amide bonds. The molecule has 1 heterocycles. The molecule has 0 aliphatic heterocycles. The van der Waals surface area contributed by atoms with E-state index in [0.717, 1.165) is 19.4 Å². The van der Waals surface area contributed by atoms with Crippen molar-refractivity contribution in [3.63, 3.8) is 0 Å². The lowest BCUT2D eigenvalue weighted by molar-refractivity contribution is 0.0761. The standard InChI is InChI=1S/C10H18N4OS/c1-4-6-7-14(5-2)9(15)8-12-13-10(11-3)16-8/h4-7H2,1-3H3,(H,11,13). The van der Waals surface area contributed by atoms with Crippen molar-refractivity contribution in [1.82, 2.24) is 15.1 Å². The van der Waals surface area contributed by atoms with Gasteiger partial charge in [0.1, 0.15) is 0 Å². The van der Waals surface area contributed by atoms with Crippen molar-refractivity contribution in [3.8, 4) is 0 Å². The third kappa shape index (κ3) is 3.16. The van der Waals surface area contributed by atoms with Gasteiger partial charge in [-0.25, -0.2) is 0 Å². The Labute approximate surface area is 99.9 Å². The number of carbonyl (C=O) groups excluding carboxylic acids is 1. The number of carbonyl (C=O) groups is 1. The Morgan fingerprint density at radius 3 is 2.69 bits per heavy atom. The van der Waals surface area contributed by atoms with E-state index in [1.165, 1.54) is 11.3 Å². The molecule has 90 valence electrons. The van der Waals surface area contributed by atoms with Crippen LogP contribution in [-0.2, 0) is 0 Å². The quantitative estimate of drug-likeness (QED) is 0.827. The topological polar surface area (TPSA) is 58.1 Å². The minimum atomic E-state index is -0.0186. The third-order valence-electron chi connectivity index (χ3n) is 2.27. The first-order valence-electron chi connectivity index (χ1n) is 5.53. The largest absolute Gasteiger partial charge is 0.363 e. The SMILES string of the molecule is CCCCN(CC)C(=O)c1nnc(NC)s1. The Bertz CT molecular complexity index is 339. The maximum atomic E-state index is 12.0. The molecule has 0 atom stereocenters. The number of hydrogen-bond acceptors (Lipinski definition) is 5. The highest BCUT2D eigenvalue weighted by atomic mass is 32.1. The molecule has 0 saturated carbocycles. The molecule has 1 aromatic rings. The van der Waals surface area contributed by atoms with Crippen molar-refractivity contribution in [2.75, 3.05) is 25.5 Å². The number of hydrogen-bond donors (Lipinski definition) is 1. The van der Waals surface area contributed by atoms with Gasteiger partial charge in [0.2, 0.25) is 10.1 Å². The molecule has 0 saturated heterocycles. The number of unbranched alkanes of at least 4 members (excludes halogenated alkanes) is 1. The number of nitrogens with one attached hydrogen (secondary N) is 1. The van der Waals surface area contributed by atoms with E-state index in [0.29, 0.717) is 16.7 Å². The highest BCUT2D eigenvalue weighted by Crippen LogP contribution is 2.16. The van der Waals surface area contributed by atoms with Crippen LogP contribution < -0.4 is 5.32 Å². The third-order valence-corrected chi connectivity index (χ3v) is 3.20. The minimum Gasteiger partial charge on any atom is -0.363 e. The summed E-state index contributed by atoms with van der Waals surface area (Å²) in [5.74, 6) is -0.0186. The molecule has 0 aliphatic rings. The van der Waals surface area contributed by atoms with Crippen molar-refractivity contribution >= 4 is 22.4 Å². The van der Waals surface area contributed by atoms with Gasteiger partial charge in [-0.1, -0.05) is 24.7 Å². The van der Waals surface area contributed by atoms with Crippen LogP contribution in [0.4, 0.5) is 5.13 Å². The summed E-state index contributed by atoms with van der Waals surface area (Å²) in [6, 6.07) is 0. The van der Waals surface area contributed by atoms with Crippen LogP contribution in [-0.4, -0.2) is 41.1 Å². The highest BCUT2D eigenvalue weighted by Gasteiger charge is 2.18. The van der Waals surface area contributed by atoms with Crippen molar-refractivity contribution < 1.29 is 4.79 Å². The lowest BCUT2D eigenvalue weighted by Crippen LogP contribution is -2.31. The summed E-state index contributed by atoms with van der Waals surface area (Å²) >= 11 is 1.29. The molecule has 0 bridgehead atoms. The molecular formula is C10H18N4OS. The molecule has 0 spiro atoms. The molecule has 6 heteroatoms. The van der Waals surface area contributed by atoms with E-state index in [1.807, 2.05) is 11.8 Å². The van der Waals surface area contributed by atoms with Gasteiger partial charge in [0, 0.05) is 20.1 Å². The summed E-state index contributed by atoms with van der Waals surface area (Å²) in [6.45, 7) is 5.60. The fourth-order valence-corrected chi connectivity index (χ4v) is 1.96. The van der Waals surface area contributed by atoms with E-state index in [9.17, 15) is 4.79 Å². The molecule has 0 aliphatic carbocycles. The Balaban J connectivity index is 2.66. The number of amides is 1. The second-order valence-corrected chi connectivity index (χ2v) is 4.38. The molecule has 1 N–H and O–H groups in total. The normalized spacial score (nSPS) is 10.2. The van der Waals surface area contributed by atoms with Crippen LogP contribution in [0.1, 0.15) is 36.5 Å². The van der Waals surface area contributed by atoms with E-state index in [-0.39, 0.29) is 5.91 Å². The lowest BCUT2D eigenvalue weighted by atomic mass is 10.3. The molecule has 0 aromatic carbocycles. The number of nitrogens with zero attached hydrogens (tertiary/aromatic N) is 3. The van der Waals surface area contributed by atoms with Crippen LogP contribution in [0, 0.1) is 0 Å². The summed E-state index contributed by atoms with van der Waals surface area (Å²) in [5, 5.41) is 11.8. The van der Waals surface area contributed by atoms with Crippen LogP contribution in [0.25, 0.3) is 0 Å². The van der Waals surface area contributed by atoms with Crippen LogP contribution in [0.5, 0.6) is 0 Å². The van der Waals surface area contributed by atoms with E-state index >= 15 is 0 Å². The van der Waals surface area contributed by atoms with E-state index in [4.69, 9.17) is 0 Å². The van der Waals surface area contributed by atoms with Crippen molar-refractivity contribution in [1.29, 1.82) is 0 Å². The Morgan fingerprint density at radius 1 is 1.44 bits per heavy atom. The Hall–Kier alpha value is -1.17. The average Bonchev–Trinajstić information content (AvgIpc) is 2.78. The zero-order valence-corrected chi connectivity index (χ0v) is 10.8. The van der Waals surface area contributed by atoms with Gasteiger partial charge in [0.05, 0.1) is 0 Å². The van der Waals surface area contributed by atoms with E-state index in [2.05, 4.69) is 22.4 Å². The second kappa shape index (κ2) is 6.42. The van der Waals surface area contributed by atoms with Crippen LogP contribution in [0.15, 0.2) is 0 Å². The molecule has 5 nitrogen and oxygen atoms in total. The lowest BCUT2D eigenvalue weighted by Gasteiger charge is -2.18. The summed E-state index contributed by atoms with van der Waals surface area (Å²) in [4.78, 5) is 13.8. The molecule has 1 aromatic heterocycles. The van der Waals surface area contributed by atoms with Crippen molar-refractivity contribution in [2.24, 2.45) is 0 Å². The zero-order chi connectivity index (χ0) is 12.0. The van der Waals surface area contributed by atoms with Crippen molar-refractivity contribution in [2.45, 2.75) is 26.7 Å². The number of rotatable bonds is 6. The molecule has 16 heavy (non-hydrogen) atoms. The molecule has 1 rings (SSSR count). The van der Waals surface area contributed by atoms with Crippen molar-refractivity contribution in [3.05, 3.63) is 5.01 Å². The summed E-state index contributed by atoms with van der Waals surface area (Å²) in [5.41, 5.74) is 0. The summed E-state index contributed by atoms with van der Waals surface area (Å²) in [6.07, 6.45) is 2.11. The first-order valence-corrected chi connectivity index (χ1v) is 6.35. The van der Waals surface area contributed by atoms with E-state index < -0.39 is 0 Å². The molecule has 0 radical (unpaired) electrons. The van der Waals surface area contributed by atoms with E-state index in [1.54, 1.807) is 7.05 Å². The Morgan fingerprint density at radius 2 is 2.19 bits per heavy atom. The van der Waals surface area contributed by atoms with Gasteiger partial charge in [0.25, 0.3) is 5.91 Å². The van der Waals surface area contributed by atoms with Gasteiger partial charge >= 0.3 is 0 Å². The molecule has 0 fully saturated rings. The number of anilines is 1. The molecule has 0 unspecified atom stereocenters. The zero-order valence-electron chi connectivity index (χ0n) is 9.99. The van der Waals surface area contributed by atoms with Crippen LogP contribution in [0.2, 0.25) is 0 Å². The summed E-state index contributed by atoms with van der Waals surface area (Å²) < 4.78 is 0. The first-order chi connectivity index (χ1) is 7.72. The fraction of sp³-hybridized carbons (Fsp3) is 0.700. The van der Waals surface area contributed by atoms with Gasteiger partial charge in [-0.2, -0.15) is 0 Å². The molecular weight excluding hydrogens is 224 g/mol. The number of aromatic nitrogens is 2. The predicted octanol–water partition coefficient (Wildman–Crippen LogP) is 1.84. The fourth-order valence-electron chi connectivity index (χ4n) is 1.30. The Kier molecular flexibility index (Phi) is 5.18. The first kappa shape index (κ1) is 12.9. The maximum Gasteiger partial charge on any atom is 0.284 e. The summed E-state index contributed by atoms with van der Waals surface area (Å²) in [7, 11) is 1.77. The van der Waals surface area contributed by atoms with Gasteiger partial charge in [-0.05, 0) is 13.3 Å². The maximum absolute atomic E-state index is 12.0. The second-order valence-electron chi connectivity index (χ2n) is 3.40. The van der Waals surface area contributed by atoms with Gasteiger partial charge in [-0.3, -0.25) is 4.79 Å². The monoisotopic (exact) mass is 242 g/mol. The highest BCUT2D eigenvalue weighted by molar-refractivity contribution is 7.17. The smallest absolute Gasteiger partial charge is 0.284 e.